The molecule has 260 valence electrons. The number of carbonyl (C=O) groups is 3. The molecule has 1 aliphatic carbocycles. The fraction of sp³-hybridized carbons (Fsp3) is 0.763. The van der Waals surface area contributed by atoms with Crippen LogP contribution in [0.3, 0.4) is 0 Å². The Labute approximate surface area is 274 Å². The summed E-state index contributed by atoms with van der Waals surface area (Å²) in [7, 11) is 0. The first-order valence-corrected chi connectivity index (χ1v) is 18.0. The quantitative estimate of drug-likeness (QED) is 0.0523. The molecule has 0 heterocycles. The summed E-state index contributed by atoms with van der Waals surface area (Å²) in [6.45, 7) is 4.37. The van der Waals surface area contributed by atoms with Gasteiger partial charge in [-0.1, -0.05) is 121 Å². The molecule has 45 heavy (non-hydrogen) atoms. The zero-order valence-electron chi connectivity index (χ0n) is 28.6. The lowest BCUT2D eigenvalue weighted by molar-refractivity contribution is -0.138. The number of aliphatic hydroxyl groups is 2. The van der Waals surface area contributed by atoms with E-state index in [1.807, 2.05) is 12.2 Å². The first-order valence-electron chi connectivity index (χ1n) is 18.0. The number of allylic oxidation sites excluding steroid dienone is 4. The van der Waals surface area contributed by atoms with E-state index in [4.69, 9.17) is 10.2 Å². The molecule has 1 aliphatic rings. The maximum atomic E-state index is 12.1. The standard InChI is InChI=1S/C20H32O5.C18H34O2/c1-2-3-6-9-15(21)12-13-17-16(18(22)14-19(17)23)10-7-4-5-8-11-20(24)25;1-2-3-4-5-6-7-8-9-10-11-12-13-14-15-16-17-18(19)20/h4,7,12-13,15-17,19,21,23H,2-3,5-6,8-11,14H2,1H3,(H,24,25);9-10H,2-8,11-17H2,1H3,(H,19,20)/b7-4-,13-12+;10-9-/t15-,16+,17+,19+;/m0./s1. The summed E-state index contributed by atoms with van der Waals surface area (Å²) in [5.41, 5.74) is 0. The van der Waals surface area contributed by atoms with Crippen LogP contribution in [-0.4, -0.2) is 50.4 Å². The Morgan fingerprint density at radius 3 is 1.80 bits per heavy atom. The molecule has 0 aromatic heterocycles. The van der Waals surface area contributed by atoms with E-state index in [0.29, 0.717) is 32.1 Å². The van der Waals surface area contributed by atoms with Crippen molar-refractivity contribution in [2.45, 2.75) is 174 Å². The molecule has 0 aromatic rings. The molecule has 4 atom stereocenters. The van der Waals surface area contributed by atoms with Gasteiger partial charge in [0.05, 0.1) is 12.2 Å². The monoisotopic (exact) mass is 634 g/mol. The van der Waals surface area contributed by atoms with Crippen LogP contribution in [0, 0.1) is 11.8 Å². The number of Topliss-reactive ketones (excluding diaryl/α,β-unsaturated/α-hetero) is 1. The molecule has 0 unspecified atom stereocenters. The van der Waals surface area contributed by atoms with Crippen molar-refractivity contribution in [3.05, 3.63) is 36.5 Å². The van der Waals surface area contributed by atoms with Gasteiger partial charge in [-0.05, 0) is 57.8 Å². The van der Waals surface area contributed by atoms with E-state index in [9.17, 15) is 24.6 Å². The number of hydrogen-bond acceptors (Lipinski definition) is 5. The van der Waals surface area contributed by atoms with Crippen LogP contribution in [0.25, 0.3) is 0 Å². The molecule has 7 nitrogen and oxygen atoms in total. The molecule has 1 fully saturated rings. The molecule has 4 N–H and O–H groups in total. The third-order valence-electron chi connectivity index (χ3n) is 8.36. The average Bonchev–Trinajstić information content (AvgIpc) is 3.27. The maximum Gasteiger partial charge on any atom is 0.303 e. The van der Waals surface area contributed by atoms with Gasteiger partial charge >= 0.3 is 11.9 Å². The Kier molecular flexibility index (Phi) is 28.9. The van der Waals surface area contributed by atoms with Crippen LogP contribution in [0.1, 0.15) is 162 Å². The highest BCUT2D eigenvalue weighted by Crippen LogP contribution is 2.33. The second-order valence-corrected chi connectivity index (χ2v) is 12.6. The topological polar surface area (TPSA) is 132 Å². The molecular weight excluding hydrogens is 568 g/mol. The summed E-state index contributed by atoms with van der Waals surface area (Å²) in [5, 5.41) is 37.2. The lowest BCUT2D eigenvalue weighted by Crippen LogP contribution is -2.18. The largest absolute Gasteiger partial charge is 0.481 e. The summed E-state index contributed by atoms with van der Waals surface area (Å²) < 4.78 is 0. The molecule has 0 aliphatic heterocycles. The molecule has 0 aromatic carbocycles. The third-order valence-corrected chi connectivity index (χ3v) is 8.36. The van der Waals surface area contributed by atoms with Crippen molar-refractivity contribution in [1.29, 1.82) is 0 Å². The number of carbonyl (C=O) groups excluding carboxylic acids is 1. The van der Waals surface area contributed by atoms with Gasteiger partial charge in [-0.25, -0.2) is 0 Å². The van der Waals surface area contributed by atoms with Gasteiger partial charge in [0.25, 0.3) is 0 Å². The number of unbranched alkanes of at least 4 members (excludes halogenated alkanes) is 14. The van der Waals surface area contributed by atoms with E-state index in [0.717, 1.165) is 32.1 Å². The molecule has 1 saturated carbocycles. The smallest absolute Gasteiger partial charge is 0.303 e. The molecule has 7 heteroatoms. The van der Waals surface area contributed by atoms with Crippen LogP contribution in [0.4, 0.5) is 0 Å². The first kappa shape index (κ1) is 42.8. The fourth-order valence-electron chi connectivity index (χ4n) is 5.56. The molecule has 0 spiro atoms. The Morgan fingerprint density at radius 1 is 0.711 bits per heavy atom. The normalized spacial score (nSPS) is 19.0. The van der Waals surface area contributed by atoms with Crippen molar-refractivity contribution >= 4 is 17.7 Å². The molecular formula is C38H66O7. The van der Waals surface area contributed by atoms with Gasteiger partial charge in [-0.3, -0.25) is 14.4 Å². The highest BCUT2D eigenvalue weighted by atomic mass is 16.4. The summed E-state index contributed by atoms with van der Waals surface area (Å²) >= 11 is 0. The zero-order valence-corrected chi connectivity index (χ0v) is 28.6. The Bertz CT molecular complexity index is 832. The first-order chi connectivity index (χ1) is 21.7. The van der Waals surface area contributed by atoms with E-state index >= 15 is 0 Å². The number of aliphatic hydroxyl groups excluding tert-OH is 2. The number of carboxylic acid groups (broad SMARTS) is 2. The van der Waals surface area contributed by atoms with E-state index in [1.165, 1.54) is 70.6 Å². The molecule has 0 saturated heterocycles. The summed E-state index contributed by atoms with van der Waals surface area (Å²) in [4.78, 5) is 32.9. The predicted octanol–water partition coefficient (Wildman–Crippen LogP) is 9.36. The minimum absolute atomic E-state index is 0.0535. The van der Waals surface area contributed by atoms with Gasteiger partial charge < -0.3 is 20.4 Å². The van der Waals surface area contributed by atoms with Crippen molar-refractivity contribution in [3.63, 3.8) is 0 Å². The van der Waals surface area contributed by atoms with Gasteiger partial charge in [0.15, 0.2) is 0 Å². The Hall–Kier alpha value is -2.25. The SMILES string of the molecule is CCCCCCCC/C=C\CCCCCCCC(=O)O.CCCCC[C@H](O)/C=C/[C@H]1[C@H](O)CC(=O)[C@@H]1C/C=C\CCCC(=O)O. The number of rotatable bonds is 27. The van der Waals surface area contributed by atoms with E-state index in [2.05, 4.69) is 26.0 Å². The minimum atomic E-state index is -0.801. The van der Waals surface area contributed by atoms with Gasteiger partial charge in [0, 0.05) is 31.1 Å². The van der Waals surface area contributed by atoms with Crippen molar-refractivity contribution in [3.8, 4) is 0 Å². The second-order valence-electron chi connectivity index (χ2n) is 12.6. The van der Waals surface area contributed by atoms with Crippen LogP contribution in [-0.2, 0) is 14.4 Å². The number of aliphatic carboxylic acids is 2. The van der Waals surface area contributed by atoms with Crippen molar-refractivity contribution in [2.24, 2.45) is 11.8 Å². The van der Waals surface area contributed by atoms with Crippen LogP contribution >= 0.6 is 0 Å². The van der Waals surface area contributed by atoms with Crippen LogP contribution in [0.5, 0.6) is 0 Å². The van der Waals surface area contributed by atoms with Crippen LogP contribution < -0.4 is 0 Å². The van der Waals surface area contributed by atoms with E-state index in [1.54, 1.807) is 12.2 Å². The fourth-order valence-corrected chi connectivity index (χ4v) is 5.56. The van der Waals surface area contributed by atoms with Gasteiger partial charge in [-0.15, -0.1) is 0 Å². The number of hydrogen-bond donors (Lipinski definition) is 4. The Balaban J connectivity index is 0.000000884. The van der Waals surface area contributed by atoms with Crippen LogP contribution in [0.15, 0.2) is 36.5 Å². The Morgan fingerprint density at radius 2 is 1.20 bits per heavy atom. The minimum Gasteiger partial charge on any atom is -0.481 e. The van der Waals surface area contributed by atoms with E-state index < -0.39 is 24.1 Å². The predicted molar refractivity (Wildman–Crippen MR) is 184 cm³/mol. The van der Waals surface area contributed by atoms with Gasteiger partial charge in [0.1, 0.15) is 5.78 Å². The third kappa shape index (κ3) is 26.7. The second kappa shape index (κ2) is 30.4. The maximum absolute atomic E-state index is 12.1. The highest BCUT2D eigenvalue weighted by Gasteiger charge is 2.39. The van der Waals surface area contributed by atoms with Crippen LogP contribution in [0.2, 0.25) is 0 Å². The lowest BCUT2D eigenvalue weighted by atomic mass is 9.90. The molecule has 0 amide bonds. The van der Waals surface area contributed by atoms with Crippen molar-refractivity contribution in [2.75, 3.05) is 0 Å². The molecule has 0 radical (unpaired) electrons. The number of carboxylic acids is 2. The van der Waals surface area contributed by atoms with Crippen molar-refractivity contribution < 1.29 is 34.8 Å². The van der Waals surface area contributed by atoms with Crippen molar-refractivity contribution in [1.82, 2.24) is 0 Å². The zero-order chi connectivity index (χ0) is 33.5. The molecule has 1 rings (SSSR count). The summed E-state index contributed by atoms with van der Waals surface area (Å²) in [6.07, 6.45) is 33.3. The highest BCUT2D eigenvalue weighted by molar-refractivity contribution is 5.84. The average molecular weight is 635 g/mol. The van der Waals surface area contributed by atoms with Gasteiger partial charge in [-0.2, -0.15) is 0 Å². The number of ketones is 1. The summed E-state index contributed by atoms with van der Waals surface area (Å²) in [6, 6.07) is 0. The summed E-state index contributed by atoms with van der Waals surface area (Å²) in [5.74, 6) is -1.92. The van der Waals surface area contributed by atoms with Gasteiger partial charge in [0.2, 0.25) is 0 Å². The van der Waals surface area contributed by atoms with E-state index in [-0.39, 0.29) is 30.5 Å². The lowest BCUT2D eigenvalue weighted by Gasteiger charge is -2.16. The molecule has 0 bridgehead atoms.